The molecule has 0 atom stereocenters. The minimum atomic E-state index is -0.233. The average molecular weight is 412 g/mol. The van der Waals surface area contributed by atoms with E-state index in [1.165, 1.54) is 0 Å². The van der Waals surface area contributed by atoms with E-state index >= 15 is 0 Å². The van der Waals surface area contributed by atoms with Gasteiger partial charge in [0.15, 0.2) is 0 Å². The summed E-state index contributed by atoms with van der Waals surface area (Å²) in [5.41, 5.74) is 3.11. The fourth-order valence-corrected chi connectivity index (χ4v) is 4.50. The molecule has 1 amide bonds. The minimum absolute atomic E-state index is 0.143. The van der Waals surface area contributed by atoms with Crippen LogP contribution in [0.4, 0.5) is 5.82 Å². The molecule has 0 N–H and O–H groups in total. The van der Waals surface area contributed by atoms with Crippen LogP contribution in [0.3, 0.4) is 0 Å². The Morgan fingerprint density at radius 1 is 1.29 bits per heavy atom. The lowest BCUT2D eigenvalue weighted by atomic mass is 9.73. The standard InChI is InChI=1S/C23H20N6O2/c1-3-21(30)28-14-23(15-28)12-27(13-23)20-6-5-16(9-25-20)19-7-18(31-4-2)11-29-22(19)17(8-24)10-26-29/h1,5-7,9-11H,4,12-15H2,2H3. The highest BCUT2D eigenvalue weighted by molar-refractivity contribution is 5.93. The van der Waals surface area contributed by atoms with Gasteiger partial charge in [-0.1, -0.05) is 0 Å². The Morgan fingerprint density at radius 2 is 2.10 bits per heavy atom. The Morgan fingerprint density at radius 3 is 2.74 bits per heavy atom. The summed E-state index contributed by atoms with van der Waals surface area (Å²) in [4.78, 5) is 20.1. The summed E-state index contributed by atoms with van der Waals surface area (Å²) < 4.78 is 7.34. The van der Waals surface area contributed by atoms with E-state index in [2.05, 4.69) is 27.0 Å². The van der Waals surface area contributed by atoms with E-state index in [1.54, 1.807) is 21.8 Å². The summed E-state index contributed by atoms with van der Waals surface area (Å²) >= 11 is 0. The van der Waals surface area contributed by atoms with Gasteiger partial charge in [-0.2, -0.15) is 10.4 Å². The Hall–Kier alpha value is -4.04. The van der Waals surface area contributed by atoms with Crippen molar-refractivity contribution in [2.24, 2.45) is 5.41 Å². The van der Waals surface area contributed by atoms with Gasteiger partial charge >= 0.3 is 0 Å². The Kier molecular flexibility index (Phi) is 4.30. The Labute approximate surface area is 179 Å². The van der Waals surface area contributed by atoms with Gasteiger partial charge in [0.2, 0.25) is 0 Å². The van der Waals surface area contributed by atoms with E-state index in [0.29, 0.717) is 31.0 Å². The smallest absolute Gasteiger partial charge is 0.298 e. The number of nitrogens with zero attached hydrogens (tertiary/aromatic N) is 6. The fourth-order valence-electron chi connectivity index (χ4n) is 4.50. The van der Waals surface area contributed by atoms with Crippen LogP contribution >= 0.6 is 0 Å². The maximum atomic E-state index is 11.6. The number of amides is 1. The lowest BCUT2D eigenvalue weighted by Crippen LogP contribution is -2.73. The predicted molar refractivity (Wildman–Crippen MR) is 114 cm³/mol. The second-order valence-corrected chi connectivity index (χ2v) is 8.05. The number of carbonyl (C=O) groups is 1. The topological polar surface area (TPSA) is 86.8 Å². The van der Waals surface area contributed by atoms with Gasteiger partial charge in [-0.25, -0.2) is 9.50 Å². The van der Waals surface area contributed by atoms with Crippen LogP contribution in [0, 0.1) is 29.1 Å². The molecule has 2 fully saturated rings. The SMILES string of the molecule is C#CC(=O)N1CC2(C1)CN(c1ccc(-c3cc(OCC)cn4ncc(C#N)c34)cn1)C2. The number of likely N-dealkylation sites (tertiary alicyclic amines) is 1. The maximum absolute atomic E-state index is 11.6. The molecule has 0 aliphatic carbocycles. The average Bonchev–Trinajstić information content (AvgIpc) is 3.15. The van der Waals surface area contributed by atoms with E-state index in [0.717, 1.165) is 35.6 Å². The van der Waals surface area contributed by atoms with Gasteiger partial charge in [-0.05, 0) is 31.0 Å². The van der Waals surface area contributed by atoms with Crippen LogP contribution in [0.5, 0.6) is 5.75 Å². The highest BCUT2D eigenvalue weighted by Gasteiger charge is 2.53. The summed E-state index contributed by atoms with van der Waals surface area (Å²) in [5, 5.41) is 13.8. The molecular formula is C23H20N6O2. The third-order valence-corrected chi connectivity index (χ3v) is 5.92. The van der Waals surface area contributed by atoms with Gasteiger partial charge in [0.1, 0.15) is 17.6 Å². The van der Waals surface area contributed by atoms with Crippen LogP contribution in [-0.2, 0) is 4.79 Å². The summed E-state index contributed by atoms with van der Waals surface area (Å²) in [6, 6.07) is 8.11. The number of hydrogen-bond donors (Lipinski definition) is 0. The first kappa shape index (κ1) is 19.0. The van der Waals surface area contributed by atoms with Crippen LogP contribution in [0.2, 0.25) is 0 Å². The quantitative estimate of drug-likeness (QED) is 0.609. The van der Waals surface area contributed by atoms with Crippen molar-refractivity contribution < 1.29 is 9.53 Å². The Balaban J connectivity index is 1.37. The summed E-state index contributed by atoms with van der Waals surface area (Å²) in [6.45, 7) is 5.61. The predicted octanol–water partition coefficient (Wildman–Crippen LogP) is 1.95. The highest BCUT2D eigenvalue weighted by Crippen LogP contribution is 2.41. The highest BCUT2D eigenvalue weighted by atomic mass is 16.5. The second kappa shape index (κ2) is 7.03. The first-order valence-corrected chi connectivity index (χ1v) is 10.1. The summed E-state index contributed by atoms with van der Waals surface area (Å²) in [7, 11) is 0. The molecule has 5 heterocycles. The van der Waals surface area contributed by atoms with Crippen molar-refractivity contribution >= 4 is 17.2 Å². The first-order valence-electron chi connectivity index (χ1n) is 10.1. The molecule has 0 unspecified atom stereocenters. The van der Waals surface area contributed by atoms with Crippen molar-refractivity contribution in [2.45, 2.75) is 6.92 Å². The van der Waals surface area contributed by atoms with E-state index in [1.807, 2.05) is 31.3 Å². The third-order valence-electron chi connectivity index (χ3n) is 5.92. The van der Waals surface area contributed by atoms with Crippen LogP contribution in [-0.4, -0.2) is 58.2 Å². The number of hydrogen-bond acceptors (Lipinski definition) is 6. The number of pyridine rings is 2. The summed E-state index contributed by atoms with van der Waals surface area (Å²) in [6.07, 6.45) is 10.3. The number of rotatable bonds is 4. The zero-order valence-electron chi connectivity index (χ0n) is 17.1. The Bertz CT molecular complexity index is 1250. The molecule has 2 saturated heterocycles. The summed E-state index contributed by atoms with van der Waals surface area (Å²) in [5.74, 6) is 3.52. The molecule has 3 aromatic heterocycles. The van der Waals surface area contributed by atoms with Gasteiger partial charge in [0, 0.05) is 48.9 Å². The van der Waals surface area contributed by atoms with Crippen molar-refractivity contribution in [1.82, 2.24) is 19.5 Å². The third kappa shape index (κ3) is 3.04. The minimum Gasteiger partial charge on any atom is -0.492 e. The van der Waals surface area contributed by atoms with E-state index in [9.17, 15) is 10.1 Å². The number of carbonyl (C=O) groups excluding carboxylic acids is 1. The molecule has 154 valence electrons. The molecule has 0 aromatic carbocycles. The van der Waals surface area contributed by atoms with Gasteiger partial charge in [0.05, 0.1) is 30.1 Å². The molecule has 8 nitrogen and oxygen atoms in total. The van der Waals surface area contributed by atoms with E-state index < -0.39 is 0 Å². The lowest BCUT2D eigenvalue weighted by Gasteiger charge is -2.60. The van der Waals surface area contributed by atoms with Crippen LogP contribution < -0.4 is 9.64 Å². The lowest BCUT2D eigenvalue weighted by molar-refractivity contribution is -0.138. The zero-order valence-corrected chi connectivity index (χ0v) is 17.1. The van der Waals surface area contributed by atoms with Crippen molar-refractivity contribution in [3.05, 3.63) is 42.4 Å². The first-order chi connectivity index (χ1) is 15.1. The van der Waals surface area contributed by atoms with Gasteiger partial charge in [-0.3, -0.25) is 4.79 Å². The molecule has 0 bridgehead atoms. The molecule has 0 saturated carbocycles. The van der Waals surface area contributed by atoms with Gasteiger partial charge < -0.3 is 14.5 Å². The number of ether oxygens (including phenoxy) is 1. The largest absolute Gasteiger partial charge is 0.492 e. The number of nitriles is 1. The molecule has 3 aromatic rings. The maximum Gasteiger partial charge on any atom is 0.298 e. The van der Waals surface area contributed by atoms with Crippen molar-refractivity contribution in [2.75, 3.05) is 37.7 Å². The number of fused-ring (bicyclic) bond motifs is 1. The van der Waals surface area contributed by atoms with Crippen LogP contribution in [0.15, 0.2) is 36.8 Å². The molecule has 31 heavy (non-hydrogen) atoms. The number of terminal acetylenes is 1. The van der Waals surface area contributed by atoms with E-state index in [-0.39, 0.29) is 11.3 Å². The molecule has 8 heteroatoms. The molecule has 2 aliphatic rings. The second-order valence-electron chi connectivity index (χ2n) is 8.05. The zero-order chi connectivity index (χ0) is 21.6. The van der Waals surface area contributed by atoms with Crippen LogP contribution in [0.1, 0.15) is 12.5 Å². The number of anilines is 1. The molecule has 2 aliphatic heterocycles. The van der Waals surface area contributed by atoms with Gasteiger partial charge in [-0.15, -0.1) is 6.42 Å². The van der Waals surface area contributed by atoms with Crippen molar-refractivity contribution in [3.8, 4) is 35.3 Å². The van der Waals surface area contributed by atoms with E-state index in [4.69, 9.17) is 11.2 Å². The van der Waals surface area contributed by atoms with Crippen molar-refractivity contribution in [3.63, 3.8) is 0 Å². The van der Waals surface area contributed by atoms with Crippen molar-refractivity contribution in [1.29, 1.82) is 5.26 Å². The number of aromatic nitrogens is 3. The van der Waals surface area contributed by atoms with Gasteiger partial charge in [0.25, 0.3) is 5.91 Å². The fraction of sp³-hybridized carbons (Fsp3) is 0.304. The molecular weight excluding hydrogens is 392 g/mol. The normalized spacial score (nSPS) is 16.4. The molecule has 0 radical (unpaired) electrons. The monoisotopic (exact) mass is 412 g/mol. The molecule has 1 spiro atoms. The van der Waals surface area contributed by atoms with Crippen LogP contribution in [0.25, 0.3) is 16.6 Å². The molecule has 5 rings (SSSR count).